The summed E-state index contributed by atoms with van der Waals surface area (Å²) in [5.41, 5.74) is 3.12. The molecule has 0 radical (unpaired) electrons. The zero-order valence-electron chi connectivity index (χ0n) is 21.5. The lowest BCUT2D eigenvalue weighted by Crippen LogP contribution is -2.31. The van der Waals surface area contributed by atoms with Crippen LogP contribution in [0.4, 0.5) is 0 Å². The minimum Gasteiger partial charge on any atom is -0.508 e. The number of carbonyl (C=O) groups is 2. The second-order valence-corrected chi connectivity index (χ2v) is 9.48. The van der Waals surface area contributed by atoms with E-state index >= 15 is 0 Å². The number of ether oxygens (including phenoxy) is 1. The Morgan fingerprint density at radius 3 is 2.51 bits per heavy atom. The quantitative estimate of drug-likeness (QED) is 0.182. The topological polar surface area (TPSA) is 105 Å². The maximum absolute atomic E-state index is 13.2. The number of Topliss-reactive ketones (excluding diaryl/α,β-unsaturated/α-hetero) is 1. The standard InChI is InChI=1S/C31H29N3O5/c1-21-6-2-3-7-24(21)19-39-26-12-10-22(11-13-26)29(36)27-28(23-8-4-9-25(35)18-23)34(31(38)30(27)37)16-5-15-33-17-14-32-20-33/h2-4,6-14,17-18,20,28,35-36H,5,15-16,19H2,1H3/b29-27+/t28-/m0/s1. The van der Waals surface area contributed by atoms with Gasteiger partial charge in [0.15, 0.2) is 0 Å². The molecule has 8 heteroatoms. The van der Waals surface area contributed by atoms with Gasteiger partial charge >= 0.3 is 0 Å². The minimum absolute atomic E-state index is 0.00616. The Morgan fingerprint density at radius 1 is 1.00 bits per heavy atom. The van der Waals surface area contributed by atoms with E-state index in [2.05, 4.69) is 4.98 Å². The van der Waals surface area contributed by atoms with Crippen molar-refractivity contribution >= 4 is 17.4 Å². The number of hydrogen-bond donors (Lipinski definition) is 2. The highest BCUT2D eigenvalue weighted by Gasteiger charge is 2.45. The molecule has 0 saturated carbocycles. The molecule has 5 rings (SSSR count). The van der Waals surface area contributed by atoms with E-state index in [0.717, 1.165) is 11.1 Å². The molecule has 0 unspecified atom stereocenters. The van der Waals surface area contributed by atoms with E-state index in [4.69, 9.17) is 4.74 Å². The van der Waals surface area contributed by atoms with Crippen LogP contribution in [0.15, 0.2) is 97.1 Å². The Balaban J connectivity index is 1.42. The van der Waals surface area contributed by atoms with Gasteiger partial charge in [0, 0.05) is 31.0 Å². The molecular weight excluding hydrogens is 494 g/mol. The van der Waals surface area contributed by atoms with Crippen molar-refractivity contribution in [1.29, 1.82) is 0 Å². The van der Waals surface area contributed by atoms with Crippen molar-refractivity contribution in [3.8, 4) is 11.5 Å². The molecule has 0 aliphatic carbocycles. The smallest absolute Gasteiger partial charge is 0.295 e. The highest BCUT2D eigenvalue weighted by atomic mass is 16.5. The van der Waals surface area contributed by atoms with Crippen molar-refractivity contribution in [2.75, 3.05) is 6.54 Å². The highest BCUT2D eigenvalue weighted by molar-refractivity contribution is 6.46. The zero-order chi connectivity index (χ0) is 27.4. The maximum Gasteiger partial charge on any atom is 0.295 e. The first-order chi connectivity index (χ1) is 18.9. The number of ketones is 1. The number of amides is 1. The summed E-state index contributed by atoms with van der Waals surface area (Å²) in [6.07, 6.45) is 5.77. The van der Waals surface area contributed by atoms with Crippen LogP contribution >= 0.6 is 0 Å². The lowest BCUT2D eigenvalue weighted by atomic mass is 9.95. The normalized spacial score (nSPS) is 16.5. The van der Waals surface area contributed by atoms with Gasteiger partial charge in [0.1, 0.15) is 23.9 Å². The molecule has 1 aliphatic heterocycles. The molecule has 39 heavy (non-hydrogen) atoms. The van der Waals surface area contributed by atoms with Crippen LogP contribution in [0.3, 0.4) is 0 Å². The van der Waals surface area contributed by atoms with Crippen molar-refractivity contribution in [1.82, 2.24) is 14.5 Å². The van der Waals surface area contributed by atoms with Crippen LogP contribution in [0.1, 0.15) is 34.7 Å². The maximum atomic E-state index is 13.2. The summed E-state index contributed by atoms with van der Waals surface area (Å²) in [5, 5.41) is 21.4. The summed E-state index contributed by atoms with van der Waals surface area (Å²) in [7, 11) is 0. The third-order valence-corrected chi connectivity index (χ3v) is 6.88. The van der Waals surface area contributed by atoms with Gasteiger partial charge in [-0.1, -0.05) is 36.4 Å². The van der Waals surface area contributed by atoms with Crippen LogP contribution in [0, 0.1) is 6.92 Å². The number of benzene rings is 3. The van der Waals surface area contributed by atoms with E-state index in [1.165, 1.54) is 17.0 Å². The van der Waals surface area contributed by atoms with Crippen LogP contribution < -0.4 is 4.74 Å². The number of phenolic OH excluding ortho intramolecular Hbond substituents is 1. The Bertz CT molecular complexity index is 1510. The molecule has 2 heterocycles. The second kappa shape index (κ2) is 11.3. The van der Waals surface area contributed by atoms with Crippen molar-refractivity contribution in [3.63, 3.8) is 0 Å². The number of aliphatic hydroxyl groups is 1. The van der Waals surface area contributed by atoms with Gasteiger partial charge in [0.2, 0.25) is 0 Å². The van der Waals surface area contributed by atoms with Crippen LogP contribution in [-0.2, 0) is 22.7 Å². The van der Waals surface area contributed by atoms with Gasteiger partial charge in [0.05, 0.1) is 17.9 Å². The van der Waals surface area contributed by atoms with E-state index < -0.39 is 17.7 Å². The number of phenols is 1. The summed E-state index contributed by atoms with van der Waals surface area (Å²) >= 11 is 0. The van der Waals surface area contributed by atoms with Gasteiger partial charge in [0.25, 0.3) is 11.7 Å². The van der Waals surface area contributed by atoms with E-state index in [1.54, 1.807) is 48.9 Å². The number of hydrogen-bond acceptors (Lipinski definition) is 6. The zero-order valence-corrected chi connectivity index (χ0v) is 21.5. The largest absolute Gasteiger partial charge is 0.508 e. The molecule has 1 fully saturated rings. The Kier molecular flexibility index (Phi) is 7.45. The highest BCUT2D eigenvalue weighted by Crippen LogP contribution is 2.40. The molecule has 2 N–H and O–H groups in total. The van der Waals surface area contributed by atoms with Gasteiger partial charge in [-0.15, -0.1) is 0 Å². The Labute approximate surface area is 226 Å². The summed E-state index contributed by atoms with van der Waals surface area (Å²) in [6, 6.07) is 20.3. The van der Waals surface area contributed by atoms with E-state index in [-0.39, 0.29) is 23.6 Å². The number of aliphatic hydroxyl groups excluding tert-OH is 1. The first kappa shape index (κ1) is 25.8. The van der Waals surface area contributed by atoms with Crippen molar-refractivity contribution in [2.45, 2.75) is 32.5 Å². The fourth-order valence-electron chi connectivity index (χ4n) is 4.79. The lowest BCUT2D eigenvalue weighted by Gasteiger charge is -2.25. The molecule has 1 atom stereocenters. The average Bonchev–Trinajstić information content (AvgIpc) is 3.55. The van der Waals surface area contributed by atoms with Gasteiger partial charge < -0.3 is 24.4 Å². The van der Waals surface area contributed by atoms with Crippen molar-refractivity contribution in [2.24, 2.45) is 0 Å². The van der Waals surface area contributed by atoms with E-state index in [1.807, 2.05) is 42.0 Å². The predicted molar refractivity (Wildman–Crippen MR) is 146 cm³/mol. The van der Waals surface area contributed by atoms with Gasteiger partial charge in [-0.2, -0.15) is 0 Å². The first-order valence-electron chi connectivity index (χ1n) is 12.7. The SMILES string of the molecule is Cc1ccccc1COc1ccc(/C(O)=C2\C(=O)C(=O)N(CCCn3ccnc3)[C@H]2c2cccc(O)c2)cc1. The van der Waals surface area contributed by atoms with Gasteiger partial charge in [-0.25, -0.2) is 4.98 Å². The molecule has 198 valence electrons. The molecule has 4 aromatic rings. The molecule has 1 aliphatic rings. The summed E-state index contributed by atoms with van der Waals surface area (Å²) in [4.78, 5) is 31.9. The van der Waals surface area contributed by atoms with Crippen molar-refractivity contribution in [3.05, 3.63) is 119 Å². The number of likely N-dealkylation sites (tertiary alicyclic amines) is 1. The minimum atomic E-state index is -0.836. The fraction of sp³-hybridized carbons (Fsp3) is 0.194. The van der Waals surface area contributed by atoms with Crippen LogP contribution in [0.25, 0.3) is 5.76 Å². The van der Waals surface area contributed by atoms with Gasteiger partial charge in [-0.3, -0.25) is 9.59 Å². The van der Waals surface area contributed by atoms with Crippen LogP contribution in [0.2, 0.25) is 0 Å². The first-order valence-corrected chi connectivity index (χ1v) is 12.7. The number of carbonyl (C=O) groups excluding carboxylic acids is 2. The molecule has 1 amide bonds. The summed E-state index contributed by atoms with van der Waals surface area (Å²) < 4.78 is 7.80. The average molecular weight is 524 g/mol. The van der Waals surface area contributed by atoms with Crippen LogP contribution in [-0.4, -0.2) is 42.9 Å². The molecule has 0 spiro atoms. The Hall–Kier alpha value is -4.85. The molecule has 1 aromatic heterocycles. The molecule has 8 nitrogen and oxygen atoms in total. The third kappa shape index (κ3) is 5.55. The lowest BCUT2D eigenvalue weighted by molar-refractivity contribution is -0.139. The van der Waals surface area contributed by atoms with E-state index in [0.29, 0.717) is 36.4 Å². The molecule has 0 bridgehead atoms. The van der Waals surface area contributed by atoms with Crippen molar-refractivity contribution < 1.29 is 24.5 Å². The monoisotopic (exact) mass is 523 g/mol. The van der Waals surface area contributed by atoms with Gasteiger partial charge in [-0.05, 0) is 66.4 Å². The number of aromatic hydroxyl groups is 1. The number of rotatable bonds is 9. The fourth-order valence-corrected chi connectivity index (χ4v) is 4.79. The van der Waals surface area contributed by atoms with E-state index in [9.17, 15) is 19.8 Å². The molecular formula is C31H29N3O5. The Morgan fingerprint density at radius 2 is 1.79 bits per heavy atom. The summed E-state index contributed by atoms with van der Waals surface area (Å²) in [5.74, 6) is -1.10. The third-order valence-electron chi connectivity index (χ3n) is 6.88. The number of aromatic nitrogens is 2. The molecule has 3 aromatic carbocycles. The second-order valence-electron chi connectivity index (χ2n) is 9.48. The van der Waals surface area contributed by atoms with Crippen LogP contribution in [0.5, 0.6) is 11.5 Å². The number of nitrogens with zero attached hydrogens (tertiary/aromatic N) is 3. The number of aryl methyl sites for hydroxylation is 2. The number of imidazole rings is 1. The predicted octanol–water partition coefficient (Wildman–Crippen LogP) is 4.99. The molecule has 1 saturated heterocycles. The summed E-state index contributed by atoms with van der Waals surface area (Å²) in [6.45, 7) is 3.32.